The number of nitrogens with zero attached hydrogens (tertiary/aromatic N) is 1. The molecule has 2 aliphatic heterocycles. The molecule has 2 atom stereocenters. The topological polar surface area (TPSA) is 35.5 Å². The van der Waals surface area contributed by atoms with Gasteiger partial charge in [-0.05, 0) is 48.2 Å². The number of aliphatic hydroxyl groups is 1. The molecule has 1 fully saturated rings. The minimum absolute atomic E-state index is 0.0704. The molecule has 1 aliphatic carbocycles. The molecule has 0 spiro atoms. The molecule has 0 aromatic heterocycles. The number of benzene rings is 1. The summed E-state index contributed by atoms with van der Waals surface area (Å²) in [5.74, 6) is 0.169. The minimum atomic E-state index is -0.377. The van der Waals surface area contributed by atoms with Crippen LogP contribution in [0.25, 0.3) is 5.70 Å². The Kier molecular flexibility index (Phi) is 4.56. The number of halogens is 2. The molecule has 0 bridgehead atoms. The summed E-state index contributed by atoms with van der Waals surface area (Å²) in [6, 6.07) is 5.21. The predicted molar refractivity (Wildman–Crippen MR) is 102 cm³/mol. The first kappa shape index (κ1) is 16.4. The zero-order chi connectivity index (χ0) is 16.7. The third-order valence-corrected chi connectivity index (χ3v) is 6.56. The number of hydrogen-bond donors (Lipinski definition) is 2. The normalized spacial score (nSPS) is 26.5. The highest BCUT2D eigenvalue weighted by atomic mass is 127. The SMILES string of the molecule is OC(CC1c2c(F)cccc2C2=CNCN21)C1CCC(=CI)CC1. The van der Waals surface area contributed by atoms with Crippen LogP contribution in [0.4, 0.5) is 4.39 Å². The van der Waals surface area contributed by atoms with Gasteiger partial charge in [0, 0.05) is 17.3 Å². The molecular formula is C19H22FIN2O. The average Bonchev–Trinajstić information content (AvgIpc) is 3.18. The number of rotatable bonds is 3. The predicted octanol–water partition coefficient (Wildman–Crippen LogP) is 4.30. The van der Waals surface area contributed by atoms with E-state index in [9.17, 15) is 9.50 Å². The van der Waals surface area contributed by atoms with Crippen molar-refractivity contribution in [1.82, 2.24) is 10.2 Å². The van der Waals surface area contributed by atoms with Crippen molar-refractivity contribution in [2.75, 3.05) is 6.67 Å². The maximum absolute atomic E-state index is 14.5. The fraction of sp³-hybridized carbons (Fsp3) is 0.474. The summed E-state index contributed by atoms with van der Waals surface area (Å²) in [4.78, 5) is 2.19. The van der Waals surface area contributed by atoms with E-state index in [1.165, 1.54) is 11.6 Å². The summed E-state index contributed by atoms with van der Waals surface area (Å²) in [7, 11) is 0. The molecule has 1 aromatic rings. The van der Waals surface area contributed by atoms with Crippen molar-refractivity contribution in [3.8, 4) is 0 Å². The van der Waals surface area contributed by atoms with Gasteiger partial charge in [-0.2, -0.15) is 0 Å². The van der Waals surface area contributed by atoms with E-state index in [1.54, 1.807) is 6.07 Å². The summed E-state index contributed by atoms with van der Waals surface area (Å²) >= 11 is 2.31. The Hall–Kier alpha value is -1.08. The van der Waals surface area contributed by atoms with Crippen LogP contribution in [0.1, 0.15) is 49.3 Å². The molecule has 1 aromatic carbocycles. The fourth-order valence-corrected chi connectivity index (χ4v) is 4.97. The van der Waals surface area contributed by atoms with Crippen molar-refractivity contribution in [1.29, 1.82) is 0 Å². The van der Waals surface area contributed by atoms with Crippen LogP contribution in [0, 0.1) is 11.7 Å². The molecule has 0 amide bonds. The van der Waals surface area contributed by atoms with Crippen LogP contribution in [-0.2, 0) is 0 Å². The van der Waals surface area contributed by atoms with Crippen molar-refractivity contribution in [3.63, 3.8) is 0 Å². The number of fused-ring (bicyclic) bond motifs is 3. The highest BCUT2D eigenvalue weighted by Crippen LogP contribution is 2.46. The second-order valence-electron chi connectivity index (χ2n) is 6.99. The van der Waals surface area contributed by atoms with Gasteiger partial charge in [0.05, 0.1) is 24.5 Å². The lowest BCUT2D eigenvalue weighted by Gasteiger charge is -2.32. The zero-order valence-electron chi connectivity index (χ0n) is 13.5. The van der Waals surface area contributed by atoms with E-state index < -0.39 is 0 Å². The third-order valence-electron chi connectivity index (χ3n) is 5.68. The third kappa shape index (κ3) is 2.75. The molecule has 5 heteroatoms. The maximum Gasteiger partial charge on any atom is 0.129 e. The zero-order valence-corrected chi connectivity index (χ0v) is 15.7. The summed E-state index contributed by atoms with van der Waals surface area (Å²) in [5.41, 5.74) is 4.27. The molecular weight excluding hydrogens is 418 g/mol. The first-order chi connectivity index (χ1) is 11.7. The highest BCUT2D eigenvalue weighted by molar-refractivity contribution is 14.1. The van der Waals surface area contributed by atoms with E-state index >= 15 is 0 Å². The number of aliphatic hydroxyl groups excluding tert-OH is 1. The van der Waals surface area contributed by atoms with E-state index in [2.05, 4.69) is 36.9 Å². The molecule has 3 nitrogen and oxygen atoms in total. The van der Waals surface area contributed by atoms with Crippen LogP contribution in [0.15, 0.2) is 34.1 Å². The molecule has 0 saturated heterocycles. The summed E-state index contributed by atoms with van der Waals surface area (Å²) in [5, 5.41) is 14.1. The molecule has 2 N–H and O–H groups in total. The second kappa shape index (κ2) is 6.67. The van der Waals surface area contributed by atoms with E-state index in [4.69, 9.17) is 0 Å². The van der Waals surface area contributed by atoms with E-state index in [-0.39, 0.29) is 18.0 Å². The summed E-state index contributed by atoms with van der Waals surface area (Å²) < 4.78 is 16.6. The van der Waals surface area contributed by atoms with Gasteiger partial charge in [0.15, 0.2) is 0 Å². The molecule has 3 aliphatic rings. The Morgan fingerprint density at radius 2 is 2.17 bits per heavy atom. The van der Waals surface area contributed by atoms with Gasteiger partial charge in [0.2, 0.25) is 0 Å². The molecule has 1 saturated carbocycles. The van der Waals surface area contributed by atoms with Gasteiger partial charge < -0.3 is 15.3 Å². The lowest BCUT2D eigenvalue weighted by atomic mass is 9.80. The van der Waals surface area contributed by atoms with Crippen molar-refractivity contribution < 1.29 is 9.50 Å². The summed E-state index contributed by atoms with van der Waals surface area (Å²) in [6.07, 6.45) is 6.41. The standard InChI is InChI=1S/C19H22FIN2O/c20-15-3-1-2-14-17-10-22-11-23(17)16(19(14)15)8-18(24)13-6-4-12(9-21)5-7-13/h1-3,9-10,13,16,18,22,24H,4-8,11H2. The first-order valence-corrected chi connectivity index (χ1v) is 9.88. The maximum atomic E-state index is 14.5. The summed E-state index contributed by atoms with van der Waals surface area (Å²) in [6.45, 7) is 0.688. The van der Waals surface area contributed by atoms with Gasteiger partial charge in [-0.1, -0.05) is 40.3 Å². The Morgan fingerprint density at radius 1 is 1.38 bits per heavy atom. The van der Waals surface area contributed by atoms with Gasteiger partial charge in [-0.25, -0.2) is 4.39 Å². The van der Waals surface area contributed by atoms with Crippen molar-refractivity contribution >= 4 is 28.3 Å². The van der Waals surface area contributed by atoms with E-state index in [0.717, 1.165) is 42.5 Å². The van der Waals surface area contributed by atoms with Gasteiger partial charge >= 0.3 is 0 Å². The van der Waals surface area contributed by atoms with Crippen LogP contribution in [0.3, 0.4) is 0 Å². The number of nitrogens with one attached hydrogen (secondary N) is 1. The smallest absolute Gasteiger partial charge is 0.129 e. The molecule has 2 heterocycles. The Morgan fingerprint density at radius 3 is 2.92 bits per heavy atom. The second-order valence-corrected chi connectivity index (χ2v) is 7.61. The minimum Gasteiger partial charge on any atom is -0.393 e. The Bertz CT molecular complexity index is 693. The van der Waals surface area contributed by atoms with Crippen molar-refractivity contribution in [3.05, 3.63) is 51.0 Å². The van der Waals surface area contributed by atoms with Gasteiger partial charge in [-0.3, -0.25) is 0 Å². The van der Waals surface area contributed by atoms with Gasteiger partial charge in [-0.15, -0.1) is 0 Å². The van der Waals surface area contributed by atoms with E-state index in [1.807, 2.05) is 12.3 Å². The fourth-order valence-electron chi connectivity index (χ4n) is 4.35. The lowest BCUT2D eigenvalue weighted by molar-refractivity contribution is 0.0618. The molecule has 24 heavy (non-hydrogen) atoms. The van der Waals surface area contributed by atoms with Crippen LogP contribution in [0.5, 0.6) is 0 Å². The molecule has 4 rings (SSSR count). The van der Waals surface area contributed by atoms with Crippen molar-refractivity contribution in [2.24, 2.45) is 5.92 Å². The van der Waals surface area contributed by atoms with Crippen LogP contribution < -0.4 is 5.32 Å². The largest absolute Gasteiger partial charge is 0.393 e. The van der Waals surface area contributed by atoms with Crippen molar-refractivity contribution in [2.45, 2.75) is 44.2 Å². The molecule has 2 unspecified atom stereocenters. The van der Waals surface area contributed by atoms with Crippen LogP contribution in [-0.4, -0.2) is 22.8 Å². The lowest BCUT2D eigenvalue weighted by Crippen LogP contribution is -2.31. The molecule has 128 valence electrons. The van der Waals surface area contributed by atoms with Crippen LogP contribution in [0.2, 0.25) is 0 Å². The monoisotopic (exact) mass is 440 g/mol. The quantitative estimate of drug-likeness (QED) is 0.689. The van der Waals surface area contributed by atoms with Gasteiger partial charge in [0.1, 0.15) is 5.82 Å². The van der Waals surface area contributed by atoms with E-state index in [0.29, 0.717) is 19.0 Å². The Balaban J connectivity index is 1.54. The molecule has 0 radical (unpaired) electrons. The highest BCUT2D eigenvalue weighted by Gasteiger charge is 2.40. The van der Waals surface area contributed by atoms with Gasteiger partial charge in [0.25, 0.3) is 0 Å². The first-order valence-electron chi connectivity index (χ1n) is 8.64. The average molecular weight is 440 g/mol. The Labute approximate surface area is 155 Å². The number of hydrogen-bond acceptors (Lipinski definition) is 3. The van der Waals surface area contributed by atoms with Crippen LogP contribution >= 0.6 is 22.6 Å². The number of allylic oxidation sites excluding steroid dienone is 1.